The van der Waals surface area contributed by atoms with E-state index in [4.69, 9.17) is 5.11 Å². The maximum atomic E-state index is 13.0. The maximum absolute atomic E-state index is 13.0. The maximum Gasteiger partial charge on any atom is 0.306 e. The van der Waals surface area contributed by atoms with E-state index in [1.165, 1.54) is 0 Å². The van der Waals surface area contributed by atoms with Crippen LogP contribution in [0.4, 0.5) is 0 Å². The normalized spacial score (nSPS) is 21.3. The number of nitrogens with zero attached hydrogens (tertiary/aromatic N) is 1. The van der Waals surface area contributed by atoms with Crippen molar-refractivity contribution in [3.8, 4) is 0 Å². The lowest BCUT2D eigenvalue weighted by molar-refractivity contribution is -0.146. The lowest BCUT2D eigenvalue weighted by Crippen LogP contribution is -2.42. The van der Waals surface area contributed by atoms with E-state index >= 15 is 0 Å². The van der Waals surface area contributed by atoms with Crippen molar-refractivity contribution in [2.45, 2.75) is 53.0 Å². The van der Waals surface area contributed by atoms with Gasteiger partial charge in [-0.25, -0.2) is 0 Å². The number of carboxylic acid groups (broad SMARTS) is 1. The van der Waals surface area contributed by atoms with E-state index in [-0.39, 0.29) is 23.2 Å². The van der Waals surface area contributed by atoms with Crippen LogP contribution in [-0.2, 0) is 16.1 Å². The van der Waals surface area contributed by atoms with Crippen molar-refractivity contribution in [2.75, 3.05) is 6.54 Å². The fraction of sp³-hybridized carbons (Fsp3) is 0.600. The Bertz CT molecular complexity index is 554. The summed E-state index contributed by atoms with van der Waals surface area (Å²) in [6.07, 6.45) is 2.59. The second kappa shape index (κ2) is 7.82. The molecule has 1 saturated carbocycles. The van der Waals surface area contributed by atoms with Gasteiger partial charge in [0, 0.05) is 19.0 Å². The van der Waals surface area contributed by atoms with Crippen LogP contribution >= 0.6 is 0 Å². The van der Waals surface area contributed by atoms with Crippen LogP contribution in [0.3, 0.4) is 0 Å². The molecule has 0 aromatic heterocycles. The summed E-state index contributed by atoms with van der Waals surface area (Å²) < 4.78 is 0. The highest BCUT2D eigenvalue weighted by Crippen LogP contribution is 2.31. The Morgan fingerprint density at radius 3 is 2.08 bits per heavy atom. The van der Waals surface area contributed by atoms with Crippen molar-refractivity contribution in [1.29, 1.82) is 0 Å². The third kappa shape index (κ3) is 5.36. The zero-order valence-electron chi connectivity index (χ0n) is 15.0. The van der Waals surface area contributed by atoms with Crippen molar-refractivity contribution in [3.63, 3.8) is 0 Å². The number of amides is 1. The SMILES string of the molecule is CC(C)(C)CN(Cc1ccccc1)C(=O)C1CCC(C(=O)O)CC1. The van der Waals surface area contributed by atoms with Gasteiger partial charge in [-0.2, -0.15) is 0 Å². The van der Waals surface area contributed by atoms with Gasteiger partial charge in [-0.3, -0.25) is 9.59 Å². The largest absolute Gasteiger partial charge is 0.481 e. The summed E-state index contributed by atoms with van der Waals surface area (Å²) in [6, 6.07) is 10.1. The van der Waals surface area contributed by atoms with Gasteiger partial charge < -0.3 is 10.0 Å². The third-order valence-electron chi connectivity index (χ3n) is 4.62. The number of carbonyl (C=O) groups is 2. The summed E-state index contributed by atoms with van der Waals surface area (Å²) in [7, 11) is 0. The molecule has 24 heavy (non-hydrogen) atoms. The van der Waals surface area contributed by atoms with E-state index in [0.29, 0.717) is 38.8 Å². The van der Waals surface area contributed by atoms with Gasteiger partial charge in [0.25, 0.3) is 0 Å². The molecular formula is C20H29NO3. The first-order valence-electron chi connectivity index (χ1n) is 8.82. The number of rotatable bonds is 5. The average Bonchev–Trinajstić information content (AvgIpc) is 2.53. The van der Waals surface area contributed by atoms with E-state index in [0.717, 1.165) is 5.56 Å². The molecule has 1 aromatic rings. The molecule has 0 radical (unpaired) electrons. The van der Waals surface area contributed by atoms with E-state index in [1.807, 2.05) is 35.2 Å². The Morgan fingerprint density at radius 2 is 1.58 bits per heavy atom. The van der Waals surface area contributed by atoms with Crippen molar-refractivity contribution in [2.24, 2.45) is 17.3 Å². The molecule has 0 saturated heterocycles. The minimum atomic E-state index is -0.725. The highest BCUT2D eigenvalue weighted by Gasteiger charge is 2.33. The molecule has 0 atom stereocenters. The quantitative estimate of drug-likeness (QED) is 0.888. The molecule has 1 amide bonds. The van der Waals surface area contributed by atoms with Crippen LogP contribution in [-0.4, -0.2) is 28.4 Å². The summed E-state index contributed by atoms with van der Waals surface area (Å²) in [4.78, 5) is 26.1. The first-order chi connectivity index (χ1) is 11.3. The van der Waals surface area contributed by atoms with Gasteiger partial charge in [0.15, 0.2) is 0 Å². The minimum Gasteiger partial charge on any atom is -0.481 e. The Hall–Kier alpha value is -1.84. The fourth-order valence-corrected chi connectivity index (χ4v) is 3.43. The van der Waals surface area contributed by atoms with Gasteiger partial charge in [-0.15, -0.1) is 0 Å². The fourth-order valence-electron chi connectivity index (χ4n) is 3.43. The Labute approximate surface area is 144 Å². The number of carboxylic acids is 1. The zero-order valence-corrected chi connectivity index (χ0v) is 15.0. The first-order valence-corrected chi connectivity index (χ1v) is 8.82. The molecule has 4 heteroatoms. The van der Waals surface area contributed by atoms with Crippen LogP contribution in [0.2, 0.25) is 0 Å². The standard InChI is InChI=1S/C20H29NO3/c1-20(2,3)14-21(13-15-7-5-4-6-8-15)18(22)16-9-11-17(12-10-16)19(23)24/h4-8,16-17H,9-14H2,1-3H3,(H,23,24). The summed E-state index contributed by atoms with van der Waals surface area (Å²) in [5, 5.41) is 9.12. The second-order valence-corrected chi connectivity index (χ2v) is 8.13. The number of carbonyl (C=O) groups excluding carboxylic acids is 1. The molecule has 132 valence electrons. The molecule has 0 unspecified atom stereocenters. The van der Waals surface area contributed by atoms with E-state index in [9.17, 15) is 9.59 Å². The van der Waals surface area contributed by atoms with Gasteiger partial charge in [0.1, 0.15) is 0 Å². The van der Waals surface area contributed by atoms with Gasteiger partial charge >= 0.3 is 5.97 Å². The van der Waals surface area contributed by atoms with Gasteiger partial charge in [-0.05, 0) is 36.7 Å². The number of hydrogen-bond donors (Lipinski definition) is 1. The predicted octanol–water partition coefficient (Wildman–Crippen LogP) is 3.95. The number of hydrogen-bond acceptors (Lipinski definition) is 2. The lowest BCUT2D eigenvalue weighted by Gasteiger charge is -2.35. The molecule has 2 rings (SSSR count). The Balaban J connectivity index is 2.06. The molecule has 4 nitrogen and oxygen atoms in total. The van der Waals surface area contributed by atoms with Crippen LogP contribution in [0.25, 0.3) is 0 Å². The van der Waals surface area contributed by atoms with Crippen molar-refractivity contribution < 1.29 is 14.7 Å². The zero-order chi connectivity index (χ0) is 17.7. The number of aliphatic carboxylic acids is 1. The van der Waals surface area contributed by atoms with Crippen LogP contribution in [0, 0.1) is 17.3 Å². The highest BCUT2D eigenvalue weighted by atomic mass is 16.4. The molecule has 1 aromatic carbocycles. The summed E-state index contributed by atoms with van der Waals surface area (Å²) in [5.41, 5.74) is 1.16. The van der Waals surface area contributed by atoms with Gasteiger partial charge in [-0.1, -0.05) is 51.1 Å². The van der Waals surface area contributed by atoms with Crippen molar-refractivity contribution >= 4 is 11.9 Å². The molecule has 0 aliphatic heterocycles. The van der Waals surface area contributed by atoms with Crippen LogP contribution in [0.1, 0.15) is 52.0 Å². The summed E-state index contributed by atoms with van der Waals surface area (Å²) in [6.45, 7) is 7.74. The topological polar surface area (TPSA) is 57.6 Å². The molecule has 1 fully saturated rings. The van der Waals surface area contributed by atoms with Crippen LogP contribution in [0.15, 0.2) is 30.3 Å². The lowest BCUT2D eigenvalue weighted by atomic mass is 9.81. The Kier molecular flexibility index (Phi) is 6.03. The molecule has 1 aliphatic carbocycles. The molecular weight excluding hydrogens is 302 g/mol. The molecule has 1 N–H and O–H groups in total. The predicted molar refractivity (Wildman–Crippen MR) is 94.4 cm³/mol. The highest BCUT2D eigenvalue weighted by molar-refractivity contribution is 5.79. The minimum absolute atomic E-state index is 0.0305. The van der Waals surface area contributed by atoms with Gasteiger partial charge in [0.2, 0.25) is 5.91 Å². The molecule has 1 aliphatic rings. The monoisotopic (exact) mass is 331 g/mol. The molecule has 0 bridgehead atoms. The third-order valence-corrected chi connectivity index (χ3v) is 4.62. The Morgan fingerprint density at radius 1 is 1.04 bits per heavy atom. The smallest absolute Gasteiger partial charge is 0.306 e. The first kappa shape index (κ1) is 18.5. The summed E-state index contributed by atoms with van der Waals surface area (Å²) >= 11 is 0. The van der Waals surface area contributed by atoms with Crippen LogP contribution < -0.4 is 0 Å². The number of benzene rings is 1. The van der Waals surface area contributed by atoms with E-state index < -0.39 is 5.97 Å². The van der Waals surface area contributed by atoms with Crippen LogP contribution in [0.5, 0.6) is 0 Å². The van der Waals surface area contributed by atoms with Crippen molar-refractivity contribution in [3.05, 3.63) is 35.9 Å². The van der Waals surface area contributed by atoms with E-state index in [2.05, 4.69) is 20.8 Å². The summed E-state index contributed by atoms with van der Waals surface area (Å²) in [5.74, 6) is -0.861. The van der Waals surface area contributed by atoms with E-state index in [1.54, 1.807) is 0 Å². The average molecular weight is 331 g/mol. The molecule has 0 heterocycles. The van der Waals surface area contributed by atoms with Crippen molar-refractivity contribution in [1.82, 2.24) is 4.90 Å². The second-order valence-electron chi connectivity index (χ2n) is 8.13. The van der Waals surface area contributed by atoms with Gasteiger partial charge in [0.05, 0.1) is 5.92 Å². The molecule has 0 spiro atoms.